The molecule has 0 radical (unpaired) electrons. The molecule has 1 aliphatic rings. The van der Waals surface area contributed by atoms with Gasteiger partial charge >= 0.3 is 0 Å². The van der Waals surface area contributed by atoms with Crippen LogP contribution in [-0.2, 0) is 0 Å². The molecule has 1 saturated heterocycles. The van der Waals surface area contributed by atoms with Gasteiger partial charge < -0.3 is 15.3 Å². The standard InChI is InChI=1S/C20H23N5OS2/c1-13-12-15(14(2)25(13)20-22-8-11-28-20)18-17(16-6-3-4-7-21-16)23-19(27)24(18)9-5-10-26/h3-4,6-8,11-12,17-18,26H,5,9-10H2,1-2H3,(H,23,27)/t17-,18-/m0/s1. The molecule has 3 aromatic heterocycles. The largest absolute Gasteiger partial charge is 0.396 e. The normalized spacial score (nSPS) is 19.2. The highest BCUT2D eigenvalue weighted by Gasteiger charge is 2.41. The minimum atomic E-state index is -0.0439. The molecule has 0 amide bonds. The van der Waals surface area contributed by atoms with E-state index in [2.05, 4.69) is 44.7 Å². The number of aromatic nitrogens is 3. The number of nitrogens with zero attached hydrogens (tertiary/aromatic N) is 4. The number of thiocarbonyl (C=S) groups is 1. The van der Waals surface area contributed by atoms with Gasteiger partial charge in [0.1, 0.15) is 0 Å². The van der Waals surface area contributed by atoms with E-state index in [-0.39, 0.29) is 18.7 Å². The minimum absolute atomic E-state index is 0.00821. The SMILES string of the molecule is Cc1cc([C@H]2[C@H](c3ccccn3)NC(=S)N2CCCO)c(C)n1-c1nccs1. The van der Waals surface area contributed by atoms with Crippen molar-refractivity contribution in [2.24, 2.45) is 0 Å². The Hall–Kier alpha value is -2.29. The zero-order valence-electron chi connectivity index (χ0n) is 15.9. The number of thiazole rings is 1. The summed E-state index contributed by atoms with van der Waals surface area (Å²) in [6.07, 6.45) is 4.31. The fraction of sp³-hybridized carbons (Fsp3) is 0.350. The molecule has 0 spiro atoms. The van der Waals surface area contributed by atoms with Gasteiger partial charge in [-0.15, -0.1) is 11.3 Å². The van der Waals surface area contributed by atoms with Crippen LogP contribution in [0.25, 0.3) is 5.13 Å². The van der Waals surface area contributed by atoms with Crippen LogP contribution in [0.3, 0.4) is 0 Å². The van der Waals surface area contributed by atoms with E-state index in [1.54, 1.807) is 11.3 Å². The molecule has 0 aliphatic carbocycles. The fourth-order valence-corrected chi connectivity index (χ4v) is 5.02. The second-order valence-corrected chi connectivity index (χ2v) is 8.13. The van der Waals surface area contributed by atoms with Crippen LogP contribution >= 0.6 is 23.6 Å². The number of pyridine rings is 1. The Morgan fingerprint density at radius 2 is 2.11 bits per heavy atom. The van der Waals surface area contributed by atoms with E-state index in [1.165, 1.54) is 5.56 Å². The summed E-state index contributed by atoms with van der Waals surface area (Å²) in [6, 6.07) is 8.14. The molecule has 28 heavy (non-hydrogen) atoms. The lowest BCUT2D eigenvalue weighted by atomic mass is 9.96. The number of rotatable bonds is 6. The van der Waals surface area contributed by atoms with Gasteiger partial charge in [0.25, 0.3) is 0 Å². The van der Waals surface area contributed by atoms with Crippen LogP contribution in [0.5, 0.6) is 0 Å². The Kier molecular flexibility index (Phi) is 5.43. The van der Waals surface area contributed by atoms with Crippen LogP contribution in [0.15, 0.2) is 42.0 Å². The summed E-state index contributed by atoms with van der Waals surface area (Å²) in [5.41, 5.74) is 4.45. The second kappa shape index (κ2) is 7.98. The quantitative estimate of drug-likeness (QED) is 0.605. The summed E-state index contributed by atoms with van der Waals surface area (Å²) in [4.78, 5) is 11.2. The van der Waals surface area contributed by atoms with Crippen molar-refractivity contribution in [2.45, 2.75) is 32.4 Å². The third-order valence-electron chi connectivity index (χ3n) is 5.15. The van der Waals surface area contributed by atoms with E-state index < -0.39 is 0 Å². The fourth-order valence-electron chi connectivity index (χ4n) is 3.93. The van der Waals surface area contributed by atoms with Gasteiger partial charge in [-0.2, -0.15) is 0 Å². The second-order valence-electron chi connectivity index (χ2n) is 6.87. The van der Waals surface area contributed by atoms with E-state index in [0.717, 1.165) is 22.2 Å². The summed E-state index contributed by atoms with van der Waals surface area (Å²) < 4.78 is 2.20. The van der Waals surface area contributed by atoms with Gasteiger partial charge in [0.2, 0.25) is 0 Å². The van der Waals surface area contributed by atoms with E-state index in [0.29, 0.717) is 18.1 Å². The average molecular weight is 414 g/mol. The van der Waals surface area contributed by atoms with Crippen LogP contribution in [0.4, 0.5) is 0 Å². The summed E-state index contributed by atoms with van der Waals surface area (Å²) in [5, 5.41) is 16.5. The maximum absolute atomic E-state index is 9.37. The van der Waals surface area contributed by atoms with Crippen molar-refractivity contribution in [1.82, 2.24) is 24.8 Å². The van der Waals surface area contributed by atoms with Crippen LogP contribution in [0.1, 0.15) is 41.1 Å². The van der Waals surface area contributed by atoms with Crippen LogP contribution in [-0.4, -0.2) is 42.8 Å². The summed E-state index contributed by atoms with van der Waals surface area (Å²) in [6.45, 7) is 5.06. The van der Waals surface area contributed by atoms with Gasteiger partial charge in [0.05, 0.1) is 17.8 Å². The Bertz CT molecular complexity index is 955. The third-order valence-corrected chi connectivity index (χ3v) is 6.26. The topological polar surface area (TPSA) is 66.2 Å². The molecule has 0 unspecified atom stereocenters. The van der Waals surface area contributed by atoms with Crippen LogP contribution < -0.4 is 5.32 Å². The zero-order valence-corrected chi connectivity index (χ0v) is 17.5. The molecule has 146 valence electrons. The highest BCUT2D eigenvalue weighted by molar-refractivity contribution is 7.80. The molecule has 0 aromatic carbocycles. The maximum Gasteiger partial charge on any atom is 0.193 e. The average Bonchev–Trinajstić information content (AvgIpc) is 3.39. The van der Waals surface area contributed by atoms with Crippen molar-refractivity contribution in [3.05, 3.63) is 64.7 Å². The maximum atomic E-state index is 9.37. The molecular formula is C20H23N5OS2. The lowest BCUT2D eigenvalue weighted by Crippen LogP contribution is -2.31. The monoisotopic (exact) mass is 413 g/mol. The molecule has 0 bridgehead atoms. The molecular weight excluding hydrogens is 390 g/mol. The van der Waals surface area contributed by atoms with Gasteiger partial charge in [-0.25, -0.2) is 4.98 Å². The first-order valence-corrected chi connectivity index (χ1v) is 10.6. The van der Waals surface area contributed by atoms with Gasteiger partial charge in [-0.05, 0) is 56.2 Å². The number of aliphatic hydroxyl groups excluding tert-OH is 1. The molecule has 1 aliphatic heterocycles. The Balaban J connectivity index is 1.81. The number of hydrogen-bond donors (Lipinski definition) is 2. The number of aryl methyl sites for hydroxylation is 1. The first-order chi connectivity index (χ1) is 13.6. The van der Waals surface area contributed by atoms with E-state index in [9.17, 15) is 5.11 Å². The van der Waals surface area contributed by atoms with Crippen molar-refractivity contribution in [1.29, 1.82) is 0 Å². The Morgan fingerprint density at radius 3 is 2.79 bits per heavy atom. The van der Waals surface area contributed by atoms with Gasteiger partial charge in [0, 0.05) is 42.3 Å². The Labute approximate surface area is 173 Å². The molecule has 3 aromatic rings. The molecule has 0 saturated carbocycles. The number of hydrogen-bond acceptors (Lipinski definition) is 5. The molecule has 1 fully saturated rings. The first kappa shape index (κ1) is 19.0. The van der Waals surface area contributed by atoms with Crippen molar-refractivity contribution < 1.29 is 5.11 Å². The summed E-state index contributed by atoms with van der Waals surface area (Å²) in [5.74, 6) is 0. The van der Waals surface area contributed by atoms with Gasteiger partial charge in [-0.1, -0.05) is 6.07 Å². The van der Waals surface area contributed by atoms with E-state index in [1.807, 2.05) is 36.0 Å². The summed E-state index contributed by atoms with van der Waals surface area (Å²) in [7, 11) is 0. The first-order valence-electron chi connectivity index (χ1n) is 9.29. The molecule has 2 N–H and O–H groups in total. The molecule has 6 nitrogen and oxygen atoms in total. The zero-order chi connectivity index (χ0) is 19.7. The van der Waals surface area contributed by atoms with E-state index in [4.69, 9.17) is 12.2 Å². The van der Waals surface area contributed by atoms with Gasteiger partial charge in [0.15, 0.2) is 10.2 Å². The van der Waals surface area contributed by atoms with Crippen LogP contribution in [0, 0.1) is 13.8 Å². The Morgan fingerprint density at radius 1 is 1.25 bits per heavy atom. The highest BCUT2D eigenvalue weighted by atomic mass is 32.1. The lowest BCUT2D eigenvalue weighted by Gasteiger charge is -2.28. The van der Waals surface area contributed by atoms with Crippen molar-refractivity contribution in [2.75, 3.05) is 13.2 Å². The predicted octanol–water partition coefficient (Wildman–Crippen LogP) is 3.30. The minimum Gasteiger partial charge on any atom is -0.396 e. The number of nitrogens with one attached hydrogen (secondary N) is 1. The smallest absolute Gasteiger partial charge is 0.193 e. The van der Waals surface area contributed by atoms with Crippen LogP contribution in [0.2, 0.25) is 0 Å². The lowest BCUT2D eigenvalue weighted by molar-refractivity contribution is 0.247. The summed E-state index contributed by atoms with van der Waals surface area (Å²) >= 11 is 7.28. The third kappa shape index (κ3) is 3.32. The molecule has 2 atom stereocenters. The predicted molar refractivity (Wildman–Crippen MR) is 115 cm³/mol. The molecule has 8 heteroatoms. The van der Waals surface area contributed by atoms with Crippen molar-refractivity contribution in [3.63, 3.8) is 0 Å². The van der Waals surface area contributed by atoms with E-state index >= 15 is 0 Å². The van der Waals surface area contributed by atoms with Crippen molar-refractivity contribution >= 4 is 28.7 Å². The number of aliphatic hydroxyl groups is 1. The van der Waals surface area contributed by atoms with Crippen molar-refractivity contribution in [3.8, 4) is 5.13 Å². The van der Waals surface area contributed by atoms with Gasteiger partial charge in [-0.3, -0.25) is 9.55 Å². The highest BCUT2D eigenvalue weighted by Crippen LogP contribution is 2.41. The molecule has 4 heterocycles. The molecule has 4 rings (SSSR count).